The van der Waals surface area contributed by atoms with Crippen LogP contribution in [0.4, 0.5) is 5.69 Å². The van der Waals surface area contributed by atoms with Crippen LogP contribution in [0.2, 0.25) is 0 Å². The van der Waals surface area contributed by atoms with E-state index in [4.69, 9.17) is 4.74 Å². The third-order valence-corrected chi connectivity index (χ3v) is 5.75. The molecule has 5 nitrogen and oxygen atoms in total. The molecule has 2 aromatic carbocycles. The van der Waals surface area contributed by atoms with Crippen LogP contribution >= 0.6 is 0 Å². The first kappa shape index (κ1) is 25.4. The number of hydrogen-bond acceptors (Lipinski definition) is 4. The Balaban J connectivity index is 2.32. The lowest BCUT2D eigenvalue weighted by Crippen LogP contribution is -2.21. The predicted molar refractivity (Wildman–Crippen MR) is 130 cm³/mol. The Morgan fingerprint density at radius 1 is 1.09 bits per heavy atom. The second kappa shape index (κ2) is 11.2. The molecule has 0 spiro atoms. The van der Waals surface area contributed by atoms with Gasteiger partial charge in [-0.25, -0.2) is 0 Å². The van der Waals surface area contributed by atoms with E-state index in [0.717, 1.165) is 36.8 Å². The summed E-state index contributed by atoms with van der Waals surface area (Å²) < 4.78 is 5.49. The summed E-state index contributed by atoms with van der Waals surface area (Å²) in [7, 11) is 1.57. The van der Waals surface area contributed by atoms with Crippen molar-refractivity contribution in [2.24, 2.45) is 0 Å². The minimum Gasteiger partial charge on any atom is -0.508 e. The number of carbonyl (C=O) groups is 2. The predicted octanol–water partition coefficient (Wildman–Crippen LogP) is 6.59. The van der Waals surface area contributed by atoms with Crippen molar-refractivity contribution in [3.8, 4) is 11.5 Å². The Kier molecular flexibility index (Phi) is 8.88. The van der Waals surface area contributed by atoms with Crippen LogP contribution in [0.1, 0.15) is 94.1 Å². The summed E-state index contributed by atoms with van der Waals surface area (Å²) in [5.41, 5.74) is 2.98. The zero-order chi connectivity index (χ0) is 23.9. The van der Waals surface area contributed by atoms with Gasteiger partial charge in [0.2, 0.25) is 5.91 Å². The van der Waals surface area contributed by atoms with Crippen LogP contribution in [0.3, 0.4) is 0 Å². The number of ketones is 1. The van der Waals surface area contributed by atoms with Gasteiger partial charge in [-0.05, 0) is 47.9 Å². The molecule has 5 heteroatoms. The molecular weight excluding hydrogens is 402 g/mol. The number of rotatable bonds is 10. The highest BCUT2D eigenvalue weighted by Gasteiger charge is 2.23. The quantitative estimate of drug-likeness (QED) is 0.323. The standard InChI is InChI=1S/C27H37NO4/c1-7-8-9-10-20(22-13-12-21(30)17-25(22)32-6)16-26(31)28-24-15-19(18(2)29)11-14-23(24)27(3,4)5/h11-15,17,20,30H,7-10,16H2,1-6H3,(H,28,31). The Morgan fingerprint density at radius 2 is 1.81 bits per heavy atom. The number of nitrogens with one attached hydrogen (secondary N) is 1. The smallest absolute Gasteiger partial charge is 0.224 e. The summed E-state index contributed by atoms with van der Waals surface area (Å²) in [5.74, 6) is 0.553. The van der Waals surface area contributed by atoms with Gasteiger partial charge >= 0.3 is 0 Å². The zero-order valence-electron chi connectivity index (χ0n) is 20.2. The molecule has 2 rings (SSSR count). The van der Waals surface area contributed by atoms with Gasteiger partial charge in [-0.1, -0.05) is 65.2 Å². The molecule has 0 aromatic heterocycles. The van der Waals surface area contributed by atoms with Gasteiger partial charge in [0.25, 0.3) is 0 Å². The molecule has 0 fully saturated rings. The molecule has 1 amide bonds. The molecular formula is C27H37NO4. The third kappa shape index (κ3) is 6.84. The van der Waals surface area contributed by atoms with E-state index in [2.05, 4.69) is 33.0 Å². The highest BCUT2D eigenvalue weighted by atomic mass is 16.5. The summed E-state index contributed by atoms with van der Waals surface area (Å²) in [6, 6.07) is 10.6. The molecule has 174 valence electrons. The number of phenols is 1. The number of amides is 1. The molecule has 0 bridgehead atoms. The summed E-state index contributed by atoms with van der Waals surface area (Å²) in [4.78, 5) is 25.1. The Bertz CT molecular complexity index is 943. The lowest BCUT2D eigenvalue weighted by Gasteiger charge is -2.25. The summed E-state index contributed by atoms with van der Waals surface area (Å²) in [6.07, 6.45) is 4.33. The summed E-state index contributed by atoms with van der Waals surface area (Å²) in [6.45, 7) is 9.93. The van der Waals surface area contributed by atoms with Gasteiger partial charge in [0, 0.05) is 23.7 Å². The maximum atomic E-state index is 13.2. The minimum atomic E-state index is -0.182. The van der Waals surface area contributed by atoms with E-state index in [9.17, 15) is 14.7 Å². The number of carbonyl (C=O) groups excluding carboxylic acids is 2. The fraction of sp³-hybridized carbons (Fsp3) is 0.481. The molecule has 0 aliphatic carbocycles. The third-order valence-electron chi connectivity index (χ3n) is 5.75. The fourth-order valence-electron chi connectivity index (χ4n) is 3.99. The summed E-state index contributed by atoms with van der Waals surface area (Å²) >= 11 is 0. The zero-order valence-corrected chi connectivity index (χ0v) is 20.2. The van der Waals surface area contributed by atoms with Gasteiger partial charge in [0.05, 0.1) is 7.11 Å². The number of aromatic hydroxyl groups is 1. The van der Waals surface area contributed by atoms with E-state index in [1.807, 2.05) is 18.2 Å². The van der Waals surface area contributed by atoms with Crippen LogP contribution in [0.15, 0.2) is 36.4 Å². The van der Waals surface area contributed by atoms with Gasteiger partial charge in [-0.2, -0.15) is 0 Å². The molecule has 1 unspecified atom stereocenters. The van der Waals surface area contributed by atoms with Crippen molar-refractivity contribution in [3.05, 3.63) is 53.1 Å². The van der Waals surface area contributed by atoms with E-state index in [0.29, 0.717) is 23.4 Å². The average molecular weight is 440 g/mol. The number of methoxy groups -OCH3 is 1. The largest absolute Gasteiger partial charge is 0.508 e. The summed E-state index contributed by atoms with van der Waals surface area (Å²) in [5, 5.41) is 12.9. The molecule has 0 aliphatic rings. The fourth-order valence-corrected chi connectivity index (χ4v) is 3.99. The van der Waals surface area contributed by atoms with E-state index in [1.165, 1.54) is 6.92 Å². The van der Waals surface area contributed by atoms with Crippen LogP contribution in [-0.2, 0) is 10.2 Å². The monoisotopic (exact) mass is 439 g/mol. The number of phenolic OH excluding ortho intramolecular Hbond substituents is 1. The van der Waals surface area contributed by atoms with Gasteiger partial charge in [-0.3, -0.25) is 9.59 Å². The molecule has 2 aromatic rings. The van der Waals surface area contributed by atoms with Crippen molar-refractivity contribution in [1.82, 2.24) is 0 Å². The Hall–Kier alpha value is -2.82. The van der Waals surface area contributed by atoms with Crippen molar-refractivity contribution in [2.75, 3.05) is 12.4 Å². The maximum Gasteiger partial charge on any atom is 0.224 e. The van der Waals surface area contributed by atoms with Crippen LogP contribution in [0, 0.1) is 0 Å². The molecule has 0 heterocycles. The van der Waals surface area contributed by atoms with Crippen molar-refractivity contribution < 1.29 is 19.4 Å². The number of benzene rings is 2. The molecule has 32 heavy (non-hydrogen) atoms. The molecule has 0 aliphatic heterocycles. The van der Waals surface area contributed by atoms with Gasteiger partial charge in [0.15, 0.2) is 5.78 Å². The first-order valence-electron chi connectivity index (χ1n) is 11.4. The molecule has 0 saturated heterocycles. The van der Waals surface area contributed by atoms with Gasteiger partial charge < -0.3 is 15.2 Å². The van der Waals surface area contributed by atoms with Crippen LogP contribution < -0.4 is 10.1 Å². The van der Waals surface area contributed by atoms with Gasteiger partial charge in [-0.15, -0.1) is 0 Å². The maximum absolute atomic E-state index is 13.2. The topological polar surface area (TPSA) is 75.6 Å². The number of hydrogen-bond donors (Lipinski definition) is 2. The van der Waals surface area contributed by atoms with Crippen molar-refractivity contribution in [1.29, 1.82) is 0 Å². The molecule has 0 saturated carbocycles. The lowest BCUT2D eigenvalue weighted by atomic mass is 9.84. The average Bonchev–Trinajstić information content (AvgIpc) is 2.72. The van der Waals surface area contributed by atoms with Crippen molar-refractivity contribution in [3.63, 3.8) is 0 Å². The normalized spacial score (nSPS) is 12.3. The van der Waals surface area contributed by atoms with Crippen molar-refractivity contribution >= 4 is 17.4 Å². The molecule has 1 atom stereocenters. The molecule has 0 radical (unpaired) electrons. The first-order valence-corrected chi connectivity index (χ1v) is 11.4. The Labute approximate surface area is 192 Å². The minimum absolute atomic E-state index is 0.0350. The Morgan fingerprint density at radius 3 is 2.41 bits per heavy atom. The van der Waals surface area contributed by atoms with E-state index >= 15 is 0 Å². The number of unbranched alkanes of at least 4 members (excludes halogenated alkanes) is 2. The van der Waals surface area contributed by atoms with Crippen LogP contribution in [0.25, 0.3) is 0 Å². The highest BCUT2D eigenvalue weighted by Crippen LogP contribution is 2.36. The van der Waals surface area contributed by atoms with Gasteiger partial charge in [0.1, 0.15) is 11.5 Å². The second-order valence-electron chi connectivity index (χ2n) is 9.44. The van der Waals surface area contributed by atoms with Crippen molar-refractivity contribution in [2.45, 2.75) is 78.1 Å². The van der Waals surface area contributed by atoms with E-state index in [1.54, 1.807) is 25.3 Å². The lowest BCUT2D eigenvalue weighted by molar-refractivity contribution is -0.116. The van der Waals surface area contributed by atoms with E-state index < -0.39 is 0 Å². The SMILES string of the molecule is CCCCCC(CC(=O)Nc1cc(C(C)=O)ccc1C(C)(C)C)c1ccc(O)cc1OC. The number of anilines is 1. The number of ether oxygens (including phenoxy) is 1. The van der Waals surface area contributed by atoms with Crippen LogP contribution in [-0.4, -0.2) is 23.9 Å². The van der Waals surface area contributed by atoms with Crippen LogP contribution in [0.5, 0.6) is 11.5 Å². The first-order chi connectivity index (χ1) is 15.1. The molecule has 2 N–H and O–H groups in total. The highest BCUT2D eigenvalue weighted by molar-refractivity contribution is 5.98. The second-order valence-corrected chi connectivity index (χ2v) is 9.44. The number of Topliss-reactive ketones (excluding diaryl/α,β-unsaturated/α-hetero) is 1. The van der Waals surface area contributed by atoms with E-state index in [-0.39, 0.29) is 28.8 Å².